The van der Waals surface area contributed by atoms with Crippen molar-refractivity contribution >= 4 is 15.7 Å². The number of ether oxygens (including phenoxy) is 1. The van der Waals surface area contributed by atoms with E-state index < -0.39 is 10.0 Å². The second-order valence-corrected chi connectivity index (χ2v) is 7.65. The van der Waals surface area contributed by atoms with Crippen molar-refractivity contribution in [2.24, 2.45) is 0 Å². The van der Waals surface area contributed by atoms with Gasteiger partial charge in [0.05, 0.1) is 10.6 Å². The quantitative estimate of drug-likeness (QED) is 0.930. The minimum Gasteiger partial charge on any atom is -0.490 e. The molecule has 1 aliphatic heterocycles. The Morgan fingerprint density at radius 1 is 1.26 bits per heavy atom. The molecule has 0 saturated heterocycles. The zero-order valence-electron chi connectivity index (χ0n) is 13.6. The Morgan fingerprint density at radius 2 is 2.04 bits per heavy atom. The molecule has 0 bridgehead atoms. The Hall–Kier alpha value is -2.01. The highest BCUT2D eigenvalue weighted by Crippen LogP contribution is 2.32. The SMILES string of the molecule is CCc1cccc(C)c1NS(=O)(=O)c1ccc2c(c1)CC(C)O2. The van der Waals surface area contributed by atoms with Crippen molar-refractivity contribution < 1.29 is 13.2 Å². The molecule has 122 valence electrons. The molecule has 3 rings (SSSR count). The van der Waals surface area contributed by atoms with Gasteiger partial charge in [-0.15, -0.1) is 0 Å². The van der Waals surface area contributed by atoms with E-state index in [0.717, 1.165) is 35.3 Å². The Labute approximate surface area is 137 Å². The number of rotatable bonds is 4. The third kappa shape index (κ3) is 3.06. The van der Waals surface area contributed by atoms with E-state index in [1.165, 1.54) is 0 Å². The van der Waals surface area contributed by atoms with Gasteiger partial charge in [-0.25, -0.2) is 8.42 Å². The molecule has 0 saturated carbocycles. The summed E-state index contributed by atoms with van der Waals surface area (Å²) in [6.45, 7) is 5.91. The first-order valence-corrected chi connectivity index (χ1v) is 9.30. The fraction of sp³-hybridized carbons (Fsp3) is 0.333. The van der Waals surface area contributed by atoms with Crippen LogP contribution in [0.25, 0.3) is 0 Å². The summed E-state index contributed by atoms with van der Waals surface area (Å²) in [5.41, 5.74) is 3.54. The Morgan fingerprint density at radius 3 is 2.78 bits per heavy atom. The van der Waals surface area contributed by atoms with Gasteiger partial charge in [0, 0.05) is 6.42 Å². The number of benzene rings is 2. The minimum absolute atomic E-state index is 0.0963. The maximum Gasteiger partial charge on any atom is 0.261 e. The molecule has 0 fully saturated rings. The molecule has 1 N–H and O–H groups in total. The van der Waals surface area contributed by atoms with Gasteiger partial charge in [-0.3, -0.25) is 4.72 Å². The molecule has 5 heteroatoms. The molecule has 23 heavy (non-hydrogen) atoms. The van der Waals surface area contributed by atoms with Gasteiger partial charge in [0.1, 0.15) is 11.9 Å². The number of sulfonamides is 1. The van der Waals surface area contributed by atoms with E-state index in [4.69, 9.17) is 4.74 Å². The van der Waals surface area contributed by atoms with Crippen molar-refractivity contribution in [3.8, 4) is 5.75 Å². The second kappa shape index (κ2) is 5.89. The zero-order valence-corrected chi connectivity index (χ0v) is 14.4. The van der Waals surface area contributed by atoms with Gasteiger partial charge in [-0.1, -0.05) is 25.1 Å². The fourth-order valence-corrected chi connectivity index (χ4v) is 4.15. The van der Waals surface area contributed by atoms with Crippen LogP contribution in [0.15, 0.2) is 41.3 Å². The molecule has 1 atom stereocenters. The lowest BCUT2D eigenvalue weighted by molar-refractivity contribution is 0.254. The van der Waals surface area contributed by atoms with Crippen molar-refractivity contribution in [3.05, 3.63) is 53.1 Å². The lowest BCUT2D eigenvalue weighted by atomic mass is 10.1. The summed E-state index contributed by atoms with van der Waals surface area (Å²) in [7, 11) is -3.61. The van der Waals surface area contributed by atoms with Crippen LogP contribution in [0.4, 0.5) is 5.69 Å². The van der Waals surface area contributed by atoms with E-state index in [1.807, 2.05) is 39.0 Å². The zero-order chi connectivity index (χ0) is 16.6. The summed E-state index contributed by atoms with van der Waals surface area (Å²) in [5, 5.41) is 0. The molecule has 4 nitrogen and oxygen atoms in total. The Bertz CT molecular complexity index is 843. The number of hydrogen-bond donors (Lipinski definition) is 1. The smallest absolute Gasteiger partial charge is 0.261 e. The van der Waals surface area contributed by atoms with Crippen LogP contribution in [-0.2, 0) is 22.9 Å². The highest BCUT2D eigenvalue weighted by atomic mass is 32.2. The summed E-state index contributed by atoms with van der Waals surface area (Å²) in [6.07, 6.45) is 1.61. The van der Waals surface area contributed by atoms with Crippen LogP contribution in [0.3, 0.4) is 0 Å². The van der Waals surface area contributed by atoms with Crippen molar-refractivity contribution in [2.45, 2.75) is 44.6 Å². The third-order valence-corrected chi connectivity index (χ3v) is 5.50. The van der Waals surface area contributed by atoms with Crippen LogP contribution in [0.1, 0.15) is 30.5 Å². The highest BCUT2D eigenvalue weighted by Gasteiger charge is 2.23. The topological polar surface area (TPSA) is 55.4 Å². The summed E-state index contributed by atoms with van der Waals surface area (Å²) in [4.78, 5) is 0.277. The van der Waals surface area contributed by atoms with Crippen LogP contribution < -0.4 is 9.46 Å². The lowest BCUT2D eigenvalue weighted by Gasteiger charge is -2.14. The molecule has 0 amide bonds. The molecule has 2 aromatic carbocycles. The second-order valence-electron chi connectivity index (χ2n) is 5.97. The fourth-order valence-electron chi connectivity index (χ4n) is 2.93. The molecular formula is C18H21NO3S. The largest absolute Gasteiger partial charge is 0.490 e. The molecular weight excluding hydrogens is 310 g/mol. The van der Waals surface area contributed by atoms with Gasteiger partial charge in [0.25, 0.3) is 10.0 Å². The standard InChI is InChI=1S/C18H21NO3S/c1-4-14-7-5-6-12(2)18(14)19-23(20,21)16-8-9-17-15(11-16)10-13(3)22-17/h5-9,11,13,19H,4,10H2,1-3H3. The van der Waals surface area contributed by atoms with E-state index in [0.29, 0.717) is 5.69 Å². The summed E-state index contributed by atoms with van der Waals surface area (Å²) in [6, 6.07) is 10.9. The van der Waals surface area contributed by atoms with Gasteiger partial charge in [-0.05, 0) is 55.2 Å². The van der Waals surface area contributed by atoms with Gasteiger partial charge in [-0.2, -0.15) is 0 Å². The Kier molecular flexibility index (Phi) is 4.06. The average Bonchev–Trinajstić information content (AvgIpc) is 2.88. The van der Waals surface area contributed by atoms with Gasteiger partial charge in [0.2, 0.25) is 0 Å². The van der Waals surface area contributed by atoms with E-state index in [2.05, 4.69) is 4.72 Å². The van der Waals surface area contributed by atoms with Gasteiger partial charge in [0.15, 0.2) is 0 Å². The minimum atomic E-state index is -3.61. The molecule has 0 aliphatic carbocycles. The van der Waals surface area contributed by atoms with Crippen molar-refractivity contribution in [3.63, 3.8) is 0 Å². The van der Waals surface area contributed by atoms with E-state index >= 15 is 0 Å². The Balaban J connectivity index is 1.96. The number of para-hydroxylation sites is 1. The van der Waals surface area contributed by atoms with Crippen LogP contribution >= 0.6 is 0 Å². The number of fused-ring (bicyclic) bond motifs is 1. The number of hydrogen-bond acceptors (Lipinski definition) is 3. The van der Waals surface area contributed by atoms with Crippen LogP contribution in [-0.4, -0.2) is 14.5 Å². The van der Waals surface area contributed by atoms with Crippen LogP contribution in [0, 0.1) is 6.92 Å². The third-order valence-electron chi connectivity index (χ3n) is 4.15. The predicted molar refractivity (Wildman–Crippen MR) is 91.6 cm³/mol. The van der Waals surface area contributed by atoms with Crippen LogP contribution in [0.2, 0.25) is 0 Å². The van der Waals surface area contributed by atoms with Gasteiger partial charge < -0.3 is 4.74 Å². The number of anilines is 1. The molecule has 0 spiro atoms. The number of aryl methyl sites for hydroxylation is 2. The monoisotopic (exact) mass is 331 g/mol. The first kappa shape index (κ1) is 15.9. The maximum absolute atomic E-state index is 12.8. The van der Waals surface area contributed by atoms with Gasteiger partial charge >= 0.3 is 0 Å². The first-order chi connectivity index (χ1) is 10.9. The van der Waals surface area contributed by atoms with E-state index in [1.54, 1.807) is 18.2 Å². The normalized spacial score (nSPS) is 16.7. The average molecular weight is 331 g/mol. The molecule has 0 radical (unpaired) electrons. The molecule has 0 aromatic heterocycles. The van der Waals surface area contributed by atoms with E-state index in [-0.39, 0.29) is 11.0 Å². The van der Waals surface area contributed by atoms with Crippen molar-refractivity contribution in [1.82, 2.24) is 0 Å². The van der Waals surface area contributed by atoms with E-state index in [9.17, 15) is 8.42 Å². The summed E-state index contributed by atoms with van der Waals surface area (Å²) < 4.78 is 33.9. The molecule has 1 heterocycles. The molecule has 2 aromatic rings. The number of nitrogens with one attached hydrogen (secondary N) is 1. The molecule has 1 aliphatic rings. The van der Waals surface area contributed by atoms with Crippen molar-refractivity contribution in [1.29, 1.82) is 0 Å². The summed E-state index contributed by atoms with van der Waals surface area (Å²) in [5.74, 6) is 0.779. The lowest BCUT2D eigenvalue weighted by Crippen LogP contribution is -2.15. The molecule has 1 unspecified atom stereocenters. The maximum atomic E-state index is 12.8. The highest BCUT2D eigenvalue weighted by molar-refractivity contribution is 7.92. The van der Waals surface area contributed by atoms with Crippen LogP contribution in [0.5, 0.6) is 5.75 Å². The summed E-state index contributed by atoms with van der Waals surface area (Å²) >= 11 is 0. The first-order valence-electron chi connectivity index (χ1n) is 7.81. The van der Waals surface area contributed by atoms with Crippen molar-refractivity contribution in [2.75, 3.05) is 4.72 Å². The predicted octanol–water partition coefficient (Wildman–Crippen LogP) is 3.68.